The average Bonchev–Trinajstić information content (AvgIpc) is 3.55. The van der Waals surface area contributed by atoms with Gasteiger partial charge >= 0.3 is 6.18 Å². The molecule has 182 valence electrons. The minimum absolute atomic E-state index is 0.218. The number of imide groups is 1. The number of rotatable bonds is 3. The molecule has 2 aromatic carbocycles. The number of hydrogen-bond acceptors (Lipinski definition) is 5. The largest absolute Gasteiger partial charge is 0.417 e. The predicted octanol–water partition coefficient (Wildman–Crippen LogP) is 5.82. The second-order valence-corrected chi connectivity index (χ2v) is 10.2. The normalized spacial score (nSPS) is 24.7. The van der Waals surface area contributed by atoms with E-state index in [4.69, 9.17) is 11.6 Å². The fraction of sp³-hybridized carbons (Fsp3) is 0.192. The van der Waals surface area contributed by atoms with Gasteiger partial charge in [0.15, 0.2) is 5.78 Å². The van der Waals surface area contributed by atoms with Crippen LogP contribution in [0.4, 0.5) is 18.9 Å². The number of alkyl halides is 3. The molecule has 0 bridgehead atoms. The molecular formula is C26H16ClF3N2O3S. The molecule has 10 heteroatoms. The van der Waals surface area contributed by atoms with E-state index in [9.17, 15) is 27.6 Å². The van der Waals surface area contributed by atoms with Crippen molar-refractivity contribution in [2.75, 3.05) is 4.90 Å². The fourth-order valence-electron chi connectivity index (χ4n) is 5.55. The van der Waals surface area contributed by atoms with E-state index >= 15 is 0 Å². The number of thiophene rings is 1. The van der Waals surface area contributed by atoms with Gasteiger partial charge in [0.25, 0.3) is 0 Å². The Morgan fingerprint density at radius 1 is 0.972 bits per heavy atom. The third-order valence-electron chi connectivity index (χ3n) is 7.01. The van der Waals surface area contributed by atoms with Crippen LogP contribution in [-0.4, -0.2) is 28.5 Å². The van der Waals surface area contributed by atoms with Crippen molar-refractivity contribution in [2.45, 2.75) is 18.3 Å². The van der Waals surface area contributed by atoms with Gasteiger partial charge < -0.3 is 4.90 Å². The van der Waals surface area contributed by atoms with Gasteiger partial charge in [0.1, 0.15) is 6.04 Å². The lowest BCUT2D eigenvalue weighted by Gasteiger charge is -2.35. The molecule has 0 unspecified atom stereocenters. The molecule has 0 N–H and O–H groups in total. The van der Waals surface area contributed by atoms with E-state index in [1.807, 2.05) is 30.3 Å². The summed E-state index contributed by atoms with van der Waals surface area (Å²) in [5.74, 6) is -3.64. The summed E-state index contributed by atoms with van der Waals surface area (Å²) in [5.41, 5.74) is 0.278. The zero-order valence-corrected chi connectivity index (χ0v) is 19.8. The highest BCUT2D eigenvalue weighted by molar-refractivity contribution is 7.12. The molecule has 0 aliphatic carbocycles. The Labute approximate surface area is 212 Å². The van der Waals surface area contributed by atoms with E-state index < -0.39 is 52.5 Å². The number of anilines is 1. The van der Waals surface area contributed by atoms with Gasteiger partial charge in [-0.2, -0.15) is 13.2 Å². The fourth-order valence-corrected chi connectivity index (χ4v) is 6.47. The van der Waals surface area contributed by atoms with Gasteiger partial charge in [0, 0.05) is 6.20 Å². The molecule has 2 amide bonds. The number of amides is 2. The highest BCUT2D eigenvalue weighted by Crippen LogP contribution is 2.54. The third-order valence-corrected chi connectivity index (χ3v) is 8.22. The summed E-state index contributed by atoms with van der Waals surface area (Å²) in [5, 5.41) is 1.22. The molecular weight excluding hydrogens is 513 g/mol. The SMILES string of the molecule is O=C(c1cccs1)[C@@H]1[C@@H]2C(=O)N(c3ccc(Cl)c(C(F)(F)F)c3)C(=O)[C@H]2[C@H]2c3ccccc3C=CN12. The van der Waals surface area contributed by atoms with Crippen LogP contribution in [0, 0.1) is 11.8 Å². The monoisotopic (exact) mass is 528 g/mol. The zero-order valence-electron chi connectivity index (χ0n) is 18.3. The van der Waals surface area contributed by atoms with Crippen LogP contribution in [-0.2, 0) is 15.8 Å². The second-order valence-electron chi connectivity index (χ2n) is 8.85. The third kappa shape index (κ3) is 3.26. The van der Waals surface area contributed by atoms with Crippen molar-refractivity contribution in [1.82, 2.24) is 4.90 Å². The van der Waals surface area contributed by atoms with Crippen LogP contribution in [0.1, 0.15) is 32.4 Å². The van der Waals surface area contributed by atoms with E-state index in [0.29, 0.717) is 10.9 Å². The van der Waals surface area contributed by atoms with Gasteiger partial charge in [-0.15, -0.1) is 11.3 Å². The van der Waals surface area contributed by atoms with E-state index in [1.165, 1.54) is 17.4 Å². The maximum atomic E-state index is 13.8. The quantitative estimate of drug-likeness (QED) is 0.317. The zero-order chi connectivity index (χ0) is 25.4. The Bertz CT molecular complexity index is 1450. The van der Waals surface area contributed by atoms with Crippen LogP contribution >= 0.6 is 22.9 Å². The van der Waals surface area contributed by atoms with Crippen LogP contribution in [0.15, 0.2) is 66.2 Å². The smallest absolute Gasteiger partial charge is 0.358 e. The number of benzene rings is 2. The van der Waals surface area contributed by atoms with Crippen molar-refractivity contribution in [2.24, 2.45) is 11.8 Å². The highest BCUT2D eigenvalue weighted by Gasteiger charge is 2.64. The minimum Gasteiger partial charge on any atom is -0.358 e. The number of nitrogens with zero attached hydrogens (tertiary/aromatic N) is 2. The number of halogens is 4. The van der Waals surface area contributed by atoms with Gasteiger partial charge in [0.05, 0.1) is 39.0 Å². The average molecular weight is 529 g/mol. The molecule has 6 rings (SSSR count). The van der Waals surface area contributed by atoms with E-state index in [0.717, 1.165) is 22.1 Å². The van der Waals surface area contributed by atoms with Crippen molar-refractivity contribution in [3.05, 3.63) is 92.8 Å². The van der Waals surface area contributed by atoms with Crippen molar-refractivity contribution in [3.8, 4) is 0 Å². The first-order chi connectivity index (χ1) is 17.2. The van der Waals surface area contributed by atoms with Gasteiger partial charge in [-0.05, 0) is 46.8 Å². The molecule has 4 atom stereocenters. The Morgan fingerprint density at radius 2 is 1.72 bits per heavy atom. The standard InChI is InChI=1S/C26H16ClF3N2O3S/c27-17-8-7-14(12-16(17)26(28,29)30)32-24(34)19-20(25(32)35)22(23(33)18-6-3-11-36-18)31-10-9-13-4-1-2-5-15(13)21(19)31/h1-12,19-22H/t19-,20-,21-,22+/m1/s1. The second kappa shape index (κ2) is 8.04. The van der Waals surface area contributed by atoms with E-state index in [1.54, 1.807) is 28.6 Å². The molecule has 3 aliphatic rings. The number of hydrogen-bond donors (Lipinski definition) is 0. The minimum atomic E-state index is -4.77. The van der Waals surface area contributed by atoms with Gasteiger partial charge in [-0.3, -0.25) is 14.4 Å². The number of ketones is 1. The van der Waals surface area contributed by atoms with Crippen molar-refractivity contribution in [1.29, 1.82) is 0 Å². The molecule has 0 radical (unpaired) electrons. The Kier molecular flexibility index (Phi) is 5.14. The summed E-state index contributed by atoms with van der Waals surface area (Å²) >= 11 is 6.99. The van der Waals surface area contributed by atoms with E-state index in [-0.39, 0.29) is 11.5 Å². The molecule has 4 heterocycles. The van der Waals surface area contributed by atoms with Gasteiger partial charge in [0.2, 0.25) is 11.8 Å². The molecule has 0 saturated carbocycles. The summed E-state index contributed by atoms with van der Waals surface area (Å²) in [6.45, 7) is 0. The Hall–Kier alpha value is -3.43. The van der Waals surface area contributed by atoms with Crippen LogP contribution in [0.5, 0.6) is 0 Å². The number of carbonyl (C=O) groups excluding carboxylic acids is 3. The molecule has 36 heavy (non-hydrogen) atoms. The van der Waals surface area contributed by atoms with Gasteiger partial charge in [-0.1, -0.05) is 41.9 Å². The van der Waals surface area contributed by atoms with Crippen LogP contribution < -0.4 is 4.90 Å². The molecule has 2 fully saturated rings. The molecule has 1 aromatic heterocycles. The summed E-state index contributed by atoms with van der Waals surface area (Å²) in [4.78, 5) is 44.2. The van der Waals surface area contributed by atoms with Crippen molar-refractivity contribution >= 4 is 52.3 Å². The van der Waals surface area contributed by atoms with Crippen molar-refractivity contribution < 1.29 is 27.6 Å². The molecule has 2 saturated heterocycles. The lowest BCUT2D eigenvalue weighted by Crippen LogP contribution is -2.44. The van der Waals surface area contributed by atoms with Crippen LogP contribution in [0.2, 0.25) is 5.02 Å². The summed E-state index contributed by atoms with van der Waals surface area (Å²) < 4.78 is 40.6. The van der Waals surface area contributed by atoms with Crippen LogP contribution in [0.3, 0.4) is 0 Å². The highest BCUT2D eigenvalue weighted by atomic mass is 35.5. The molecule has 0 spiro atoms. The maximum Gasteiger partial charge on any atom is 0.417 e. The Morgan fingerprint density at radius 3 is 2.44 bits per heavy atom. The first-order valence-electron chi connectivity index (χ1n) is 11.1. The Balaban J connectivity index is 1.49. The molecule has 3 aliphatic heterocycles. The predicted molar refractivity (Wildman–Crippen MR) is 128 cm³/mol. The first-order valence-corrected chi connectivity index (χ1v) is 12.3. The summed E-state index contributed by atoms with van der Waals surface area (Å²) in [7, 11) is 0. The van der Waals surface area contributed by atoms with Crippen LogP contribution in [0.25, 0.3) is 6.08 Å². The van der Waals surface area contributed by atoms with Crippen molar-refractivity contribution in [3.63, 3.8) is 0 Å². The van der Waals surface area contributed by atoms with Gasteiger partial charge in [-0.25, -0.2) is 4.90 Å². The lowest BCUT2D eigenvalue weighted by atomic mass is 9.84. The van der Waals surface area contributed by atoms with E-state index in [2.05, 4.69) is 0 Å². The summed E-state index contributed by atoms with van der Waals surface area (Å²) in [6, 6.07) is 12.1. The lowest BCUT2D eigenvalue weighted by molar-refractivity contribution is -0.137. The number of fused-ring (bicyclic) bond motifs is 5. The summed E-state index contributed by atoms with van der Waals surface area (Å²) in [6.07, 6.45) is -1.20. The molecule has 5 nitrogen and oxygen atoms in total. The maximum absolute atomic E-state index is 13.8. The topological polar surface area (TPSA) is 57.7 Å². The number of Topliss-reactive ketones (excluding diaryl/α,β-unsaturated/α-hetero) is 1. The number of carbonyl (C=O) groups is 3. The molecule has 3 aromatic rings. The first kappa shape index (κ1) is 23.0.